The molecule has 2 nitrogen and oxygen atoms in total. The summed E-state index contributed by atoms with van der Waals surface area (Å²) < 4.78 is 4.66. The number of ether oxygens (including phenoxy) is 1. The van der Waals surface area contributed by atoms with Gasteiger partial charge in [0.05, 0.1) is 12.7 Å². The van der Waals surface area contributed by atoms with E-state index >= 15 is 0 Å². The SMILES string of the molecule is COC(=O)c1c(C)ccc(Cl)c1CCl. The first kappa shape index (κ1) is 11.3. The number of esters is 1. The molecule has 0 unspecified atom stereocenters. The number of halogens is 2. The van der Waals surface area contributed by atoms with Crippen molar-refractivity contribution in [3.8, 4) is 0 Å². The predicted molar refractivity (Wildman–Crippen MR) is 57.1 cm³/mol. The molecule has 4 heteroatoms. The van der Waals surface area contributed by atoms with Gasteiger partial charge in [0.15, 0.2) is 0 Å². The van der Waals surface area contributed by atoms with E-state index in [-0.39, 0.29) is 5.88 Å². The number of hydrogen-bond acceptors (Lipinski definition) is 2. The number of aryl methyl sites for hydroxylation is 1. The highest BCUT2D eigenvalue weighted by atomic mass is 35.5. The minimum atomic E-state index is -0.402. The molecule has 14 heavy (non-hydrogen) atoms. The van der Waals surface area contributed by atoms with Crippen LogP contribution in [-0.2, 0) is 10.6 Å². The van der Waals surface area contributed by atoms with E-state index in [1.165, 1.54) is 7.11 Å². The zero-order valence-electron chi connectivity index (χ0n) is 7.93. The molecule has 0 aliphatic heterocycles. The Balaban J connectivity index is 3.37. The van der Waals surface area contributed by atoms with Crippen LogP contribution in [0.25, 0.3) is 0 Å². The number of rotatable bonds is 2. The Kier molecular flexibility index (Phi) is 3.78. The number of benzene rings is 1. The van der Waals surface area contributed by atoms with Gasteiger partial charge in [-0.2, -0.15) is 0 Å². The minimum Gasteiger partial charge on any atom is -0.465 e. The first-order chi connectivity index (χ1) is 6.61. The summed E-state index contributed by atoms with van der Waals surface area (Å²) in [6.45, 7) is 1.82. The Morgan fingerprint density at radius 3 is 2.64 bits per heavy atom. The summed E-state index contributed by atoms with van der Waals surface area (Å²) in [5, 5.41) is 0.492. The molecule has 0 radical (unpaired) electrons. The van der Waals surface area contributed by atoms with Crippen molar-refractivity contribution in [3.05, 3.63) is 33.8 Å². The maximum Gasteiger partial charge on any atom is 0.338 e. The molecular formula is C10H10Cl2O2. The Bertz CT molecular complexity index is 361. The van der Waals surface area contributed by atoms with Crippen LogP contribution >= 0.6 is 23.2 Å². The average molecular weight is 233 g/mol. The van der Waals surface area contributed by atoms with Crippen LogP contribution in [0.5, 0.6) is 0 Å². The summed E-state index contributed by atoms with van der Waals surface area (Å²) in [5.74, 6) is -0.203. The van der Waals surface area contributed by atoms with Crippen molar-refractivity contribution in [3.63, 3.8) is 0 Å². The highest BCUT2D eigenvalue weighted by Crippen LogP contribution is 2.25. The van der Waals surface area contributed by atoms with Crippen molar-refractivity contribution in [2.75, 3.05) is 7.11 Å². The molecule has 0 fully saturated rings. The van der Waals surface area contributed by atoms with Crippen molar-refractivity contribution >= 4 is 29.2 Å². The minimum absolute atomic E-state index is 0.199. The fourth-order valence-electron chi connectivity index (χ4n) is 1.26. The van der Waals surface area contributed by atoms with Gasteiger partial charge in [0, 0.05) is 16.5 Å². The van der Waals surface area contributed by atoms with Crippen LogP contribution in [0.1, 0.15) is 21.5 Å². The standard InChI is InChI=1S/C10H10Cl2O2/c1-6-3-4-8(12)7(5-11)9(6)10(13)14-2/h3-4H,5H2,1-2H3. The summed E-state index contributed by atoms with van der Waals surface area (Å²) in [7, 11) is 1.33. The molecule has 0 bridgehead atoms. The summed E-state index contributed by atoms with van der Waals surface area (Å²) in [5.41, 5.74) is 1.91. The van der Waals surface area contributed by atoms with Crippen molar-refractivity contribution in [2.24, 2.45) is 0 Å². The van der Waals surface area contributed by atoms with Gasteiger partial charge in [0.25, 0.3) is 0 Å². The molecule has 0 atom stereocenters. The Hall–Kier alpha value is -0.730. The number of carbonyl (C=O) groups excluding carboxylic acids is 1. The molecule has 1 aromatic rings. The Morgan fingerprint density at radius 1 is 1.50 bits per heavy atom. The molecule has 1 aromatic carbocycles. The molecule has 1 rings (SSSR count). The van der Waals surface area contributed by atoms with E-state index < -0.39 is 5.97 Å². The lowest BCUT2D eigenvalue weighted by molar-refractivity contribution is 0.0599. The van der Waals surface area contributed by atoms with Gasteiger partial charge in [-0.1, -0.05) is 17.7 Å². The topological polar surface area (TPSA) is 26.3 Å². The Morgan fingerprint density at radius 2 is 2.14 bits per heavy atom. The molecule has 0 saturated carbocycles. The van der Waals surface area contributed by atoms with Gasteiger partial charge in [0.2, 0.25) is 0 Å². The second-order valence-electron chi connectivity index (χ2n) is 2.84. The second kappa shape index (κ2) is 4.67. The maximum absolute atomic E-state index is 11.4. The Labute approximate surface area is 92.8 Å². The van der Waals surface area contributed by atoms with E-state index in [0.29, 0.717) is 16.1 Å². The third-order valence-corrected chi connectivity index (χ3v) is 2.61. The van der Waals surface area contributed by atoms with Gasteiger partial charge in [0.1, 0.15) is 0 Å². The van der Waals surface area contributed by atoms with Gasteiger partial charge < -0.3 is 4.74 Å². The van der Waals surface area contributed by atoms with Gasteiger partial charge in [-0.3, -0.25) is 0 Å². The van der Waals surface area contributed by atoms with Crippen molar-refractivity contribution in [1.29, 1.82) is 0 Å². The average Bonchev–Trinajstić information content (AvgIpc) is 2.19. The van der Waals surface area contributed by atoms with Crippen molar-refractivity contribution in [1.82, 2.24) is 0 Å². The quantitative estimate of drug-likeness (QED) is 0.579. The molecule has 0 N–H and O–H groups in total. The van der Waals surface area contributed by atoms with E-state index in [9.17, 15) is 4.79 Å². The zero-order chi connectivity index (χ0) is 10.7. The number of methoxy groups -OCH3 is 1. The largest absolute Gasteiger partial charge is 0.465 e. The highest BCUT2D eigenvalue weighted by molar-refractivity contribution is 6.33. The van der Waals surface area contributed by atoms with Crippen LogP contribution in [0.3, 0.4) is 0 Å². The monoisotopic (exact) mass is 232 g/mol. The molecule has 0 amide bonds. The molecular weight excluding hydrogens is 223 g/mol. The summed E-state index contributed by atoms with van der Waals surface area (Å²) in [4.78, 5) is 11.4. The van der Waals surface area contributed by atoms with E-state index in [1.807, 2.05) is 6.92 Å². The van der Waals surface area contributed by atoms with Crippen LogP contribution in [0, 0.1) is 6.92 Å². The number of carbonyl (C=O) groups is 1. The van der Waals surface area contributed by atoms with Gasteiger partial charge in [-0.25, -0.2) is 4.79 Å². The van der Waals surface area contributed by atoms with E-state index in [1.54, 1.807) is 12.1 Å². The molecule has 76 valence electrons. The maximum atomic E-state index is 11.4. The molecule has 0 aliphatic carbocycles. The van der Waals surface area contributed by atoms with E-state index in [2.05, 4.69) is 4.74 Å². The van der Waals surface area contributed by atoms with Crippen molar-refractivity contribution in [2.45, 2.75) is 12.8 Å². The third kappa shape index (κ3) is 2.02. The highest BCUT2D eigenvalue weighted by Gasteiger charge is 2.16. The van der Waals surface area contributed by atoms with E-state index in [0.717, 1.165) is 5.56 Å². The lowest BCUT2D eigenvalue weighted by atomic mass is 10.0. The predicted octanol–water partition coefficient (Wildman–Crippen LogP) is 3.17. The fraction of sp³-hybridized carbons (Fsp3) is 0.300. The van der Waals surface area contributed by atoms with E-state index in [4.69, 9.17) is 23.2 Å². The summed E-state index contributed by atoms with van der Waals surface area (Å²) in [6, 6.07) is 3.49. The molecule has 0 aliphatic rings. The summed E-state index contributed by atoms with van der Waals surface area (Å²) >= 11 is 11.6. The zero-order valence-corrected chi connectivity index (χ0v) is 9.45. The smallest absolute Gasteiger partial charge is 0.338 e. The normalized spacial score (nSPS) is 10.0. The van der Waals surface area contributed by atoms with Crippen LogP contribution in [-0.4, -0.2) is 13.1 Å². The van der Waals surface area contributed by atoms with Crippen molar-refractivity contribution < 1.29 is 9.53 Å². The lowest BCUT2D eigenvalue weighted by Crippen LogP contribution is -2.07. The number of alkyl halides is 1. The van der Waals surface area contributed by atoms with Gasteiger partial charge in [-0.15, -0.1) is 11.6 Å². The van der Waals surface area contributed by atoms with Crippen LogP contribution in [0.15, 0.2) is 12.1 Å². The third-order valence-electron chi connectivity index (χ3n) is 1.99. The molecule has 0 heterocycles. The fourth-order valence-corrected chi connectivity index (χ4v) is 1.83. The van der Waals surface area contributed by atoms with Crippen LogP contribution in [0.2, 0.25) is 5.02 Å². The first-order valence-corrected chi connectivity index (χ1v) is 4.95. The molecule has 0 spiro atoms. The second-order valence-corrected chi connectivity index (χ2v) is 3.52. The lowest BCUT2D eigenvalue weighted by Gasteiger charge is -2.09. The molecule has 0 aromatic heterocycles. The van der Waals surface area contributed by atoms with Gasteiger partial charge >= 0.3 is 5.97 Å². The number of hydrogen-bond donors (Lipinski definition) is 0. The first-order valence-electron chi connectivity index (χ1n) is 4.04. The van der Waals surface area contributed by atoms with Crippen LogP contribution < -0.4 is 0 Å². The van der Waals surface area contributed by atoms with Gasteiger partial charge in [-0.05, 0) is 18.6 Å². The molecule has 0 saturated heterocycles. The van der Waals surface area contributed by atoms with Crippen LogP contribution in [0.4, 0.5) is 0 Å². The summed E-state index contributed by atoms with van der Waals surface area (Å²) in [6.07, 6.45) is 0.